The monoisotopic (exact) mass is 267 g/mol. The van der Waals surface area contributed by atoms with E-state index in [-0.39, 0.29) is 12.3 Å². The minimum absolute atomic E-state index is 0.0919. The van der Waals surface area contributed by atoms with Crippen molar-refractivity contribution in [3.8, 4) is 5.75 Å². The SMILES string of the molecule is COc1ccc2c(c1)CCN(CC[C@H]1CC1(F)F)C2. The smallest absolute Gasteiger partial charge is 0.251 e. The number of methoxy groups -OCH3 is 1. The third-order valence-corrected chi connectivity index (χ3v) is 4.25. The van der Waals surface area contributed by atoms with Gasteiger partial charge in [0.15, 0.2) is 0 Å². The van der Waals surface area contributed by atoms with Crippen LogP contribution >= 0.6 is 0 Å². The van der Waals surface area contributed by atoms with E-state index in [9.17, 15) is 8.78 Å². The van der Waals surface area contributed by atoms with Gasteiger partial charge in [-0.1, -0.05) is 6.07 Å². The molecule has 0 bridgehead atoms. The first-order chi connectivity index (χ1) is 9.08. The molecule has 0 saturated heterocycles. The van der Waals surface area contributed by atoms with Crippen LogP contribution in [0.2, 0.25) is 0 Å². The Morgan fingerprint density at radius 1 is 1.37 bits per heavy atom. The maximum absolute atomic E-state index is 12.8. The van der Waals surface area contributed by atoms with E-state index in [0.29, 0.717) is 6.42 Å². The lowest BCUT2D eigenvalue weighted by Crippen LogP contribution is -2.31. The van der Waals surface area contributed by atoms with E-state index in [1.54, 1.807) is 7.11 Å². The number of hydrogen-bond acceptors (Lipinski definition) is 2. The van der Waals surface area contributed by atoms with Crippen LogP contribution in [0.3, 0.4) is 0 Å². The van der Waals surface area contributed by atoms with Crippen molar-refractivity contribution >= 4 is 0 Å². The van der Waals surface area contributed by atoms with Crippen LogP contribution in [0.1, 0.15) is 24.0 Å². The molecule has 0 unspecified atom stereocenters. The molecule has 0 N–H and O–H groups in total. The second kappa shape index (κ2) is 4.75. The summed E-state index contributed by atoms with van der Waals surface area (Å²) in [4.78, 5) is 2.28. The van der Waals surface area contributed by atoms with Crippen LogP contribution in [0.4, 0.5) is 8.78 Å². The first kappa shape index (κ1) is 12.9. The molecule has 1 atom stereocenters. The topological polar surface area (TPSA) is 12.5 Å². The molecule has 3 rings (SSSR count). The highest BCUT2D eigenvalue weighted by atomic mass is 19.3. The summed E-state index contributed by atoms with van der Waals surface area (Å²) in [5.74, 6) is -1.85. The molecule has 1 aromatic rings. The molecule has 1 fully saturated rings. The molecular weight excluding hydrogens is 248 g/mol. The van der Waals surface area contributed by atoms with Crippen LogP contribution in [0.5, 0.6) is 5.75 Å². The van der Waals surface area contributed by atoms with E-state index in [2.05, 4.69) is 17.0 Å². The molecule has 2 aliphatic rings. The first-order valence-electron chi connectivity index (χ1n) is 6.84. The average Bonchev–Trinajstić information content (AvgIpc) is 3.03. The van der Waals surface area contributed by atoms with Gasteiger partial charge in [0.1, 0.15) is 5.75 Å². The second-order valence-corrected chi connectivity index (χ2v) is 5.61. The number of benzene rings is 1. The van der Waals surface area contributed by atoms with Crippen LogP contribution in [0.15, 0.2) is 18.2 Å². The number of halogens is 2. The quantitative estimate of drug-likeness (QED) is 0.831. The Kier molecular flexibility index (Phi) is 3.21. The summed E-state index contributed by atoms with van der Waals surface area (Å²) in [5, 5.41) is 0. The fourth-order valence-corrected chi connectivity index (χ4v) is 2.83. The number of rotatable bonds is 4. The molecule has 1 aromatic carbocycles. The van der Waals surface area contributed by atoms with Gasteiger partial charge in [0.2, 0.25) is 0 Å². The predicted molar refractivity (Wildman–Crippen MR) is 69.6 cm³/mol. The maximum atomic E-state index is 12.8. The molecule has 0 spiro atoms. The fourth-order valence-electron chi connectivity index (χ4n) is 2.83. The van der Waals surface area contributed by atoms with E-state index in [0.717, 1.165) is 31.8 Å². The minimum atomic E-state index is -2.37. The molecule has 104 valence electrons. The van der Waals surface area contributed by atoms with Gasteiger partial charge in [-0.2, -0.15) is 0 Å². The molecule has 1 saturated carbocycles. The Labute approximate surface area is 112 Å². The summed E-state index contributed by atoms with van der Waals surface area (Å²) >= 11 is 0. The zero-order chi connectivity index (χ0) is 13.5. The Bertz CT molecular complexity index is 475. The van der Waals surface area contributed by atoms with Crippen LogP contribution in [-0.2, 0) is 13.0 Å². The van der Waals surface area contributed by atoms with Crippen molar-refractivity contribution in [2.75, 3.05) is 20.2 Å². The lowest BCUT2D eigenvalue weighted by molar-refractivity contribution is 0.0930. The molecule has 0 aromatic heterocycles. The summed E-state index contributed by atoms with van der Waals surface area (Å²) in [6.45, 7) is 2.61. The third kappa shape index (κ3) is 2.73. The van der Waals surface area contributed by atoms with Crippen LogP contribution < -0.4 is 4.74 Å². The van der Waals surface area contributed by atoms with Crippen molar-refractivity contribution in [3.63, 3.8) is 0 Å². The highest BCUT2D eigenvalue weighted by molar-refractivity contribution is 5.37. The standard InChI is InChI=1S/C15H19F2NO/c1-19-14-3-2-12-10-18(6-4-11(12)8-14)7-5-13-9-15(13,16)17/h2-3,8,13H,4-7,9-10H2,1H3/t13-/m0/s1. The summed E-state index contributed by atoms with van der Waals surface area (Å²) in [7, 11) is 1.67. The predicted octanol–water partition coefficient (Wildman–Crippen LogP) is 3.10. The van der Waals surface area contributed by atoms with E-state index in [1.165, 1.54) is 11.1 Å². The molecular formula is C15H19F2NO. The first-order valence-corrected chi connectivity index (χ1v) is 6.84. The zero-order valence-corrected chi connectivity index (χ0v) is 11.2. The number of fused-ring (bicyclic) bond motifs is 1. The number of ether oxygens (including phenoxy) is 1. The Balaban J connectivity index is 1.57. The number of hydrogen-bond donors (Lipinski definition) is 0. The van der Waals surface area contributed by atoms with E-state index in [4.69, 9.17) is 4.74 Å². The molecule has 0 amide bonds. The van der Waals surface area contributed by atoms with E-state index >= 15 is 0 Å². The highest BCUT2D eigenvalue weighted by Gasteiger charge is 2.56. The summed E-state index contributed by atoms with van der Waals surface area (Å²) < 4.78 is 30.9. The highest BCUT2D eigenvalue weighted by Crippen LogP contribution is 2.50. The van der Waals surface area contributed by atoms with Gasteiger partial charge in [0, 0.05) is 25.4 Å². The normalized spacial score (nSPS) is 24.9. The van der Waals surface area contributed by atoms with Gasteiger partial charge in [-0.15, -0.1) is 0 Å². The van der Waals surface area contributed by atoms with Crippen LogP contribution in [0.25, 0.3) is 0 Å². The lowest BCUT2D eigenvalue weighted by atomic mass is 9.99. The van der Waals surface area contributed by atoms with Crippen LogP contribution in [0, 0.1) is 5.92 Å². The summed E-state index contributed by atoms with van der Waals surface area (Å²) in [6, 6.07) is 6.14. The van der Waals surface area contributed by atoms with Gasteiger partial charge >= 0.3 is 0 Å². The van der Waals surface area contributed by atoms with Crippen molar-refractivity contribution in [3.05, 3.63) is 29.3 Å². The maximum Gasteiger partial charge on any atom is 0.251 e. The van der Waals surface area contributed by atoms with Gasteiger partial charge in [-0.05, 0) is 42.6 Å². The fraction of sp³-hybridized carbons (Fsp3) is 0.600. The van der Waals surface area contributed by atoms with Gasteiger partial charge in [-0.25, -0.2) is 8.78 Å². The molecule has 1 aliphatic heterocycles. The largest absolute Gasteiger partial charge is 0.497 e. The minimum Gasteiger partial charge on any atom is -0.497 e. The van der Waals surface area contributed by atoms with Crippen molar-refractivity contribution < 1.29 is 13.5 Å². The molecule has 19 heavy (non-hydrogen) atoms. The molecule has 4 heteroatoms. The van der Waals surface area contributed by atoms with E-state index in [1.807, 2.05) is 6.07 Å². The molecule has 1 heterocycles. The van der Waals surface area contributed by atoms with Gasteiger partial charge in [0.05, 0.1) is 7.11 Å². The van der Waals surface area contributed by atoms with Crippen LogP contribution in [-0.4, -0.2) is 31.0 Å². The Hall–Kier alpha value is -1.16. The van der Waals surface area contributed by atoms with Crippen molar-refractivity contribution in [2.24, 2.45) is 5.92 Å². The molecule has 1 aliphatic carbocycles. The van der Waals surface area contributed by atoms with Gasteiger partial charge in [0.25, 0.3) is 5.92 Å². The zero-order valence-electron chi connectivity index (χ0n) is 11.2. The number of nitrogens with zero attached hydrogens (tertiary/aromatic N) is 1. The Morgan fingerprint density at radius 2 is 2.16 bits per heavy atom. The van der Waals surface area contributed by atoms with Gasteiger partial charge in [-0.3, -0.25) is 4.90 Å². The van der Waals surface area contributed by atoms with Crippen molar-refractivity contribution in [1.82, 2.24) is 4.90 Å². The summed E-state index contributed by atoms with van der Waals surface area (Å²) in [5.41, 5.74) is 2.63. The van der Waals surface area contributed by atoms with Crippen molar-refractivity contribution in [1.29, 1.82) is 0 Å². The molecule has 0 radical (unpaired) electrons. The lowest BCUT2D eigenvalue weighted by Gasteiger charge is -2.29. The van der Waals surface area contributed by atoms with Crippen molar-refractivity contribution in [2.45, 2.75) is 31.7 Å². The molecule has 2 nitrogen and oxygen atoms in total. The number of alkyl halides is 2. The second-order valence-electron chi connectivity index (χ2n) is 5.61. The summed E-state index contributed by atoms with van der Waals surface area (Å²) in [6.07, 6.45) is 1.70. The third-order valence-electron chi connectivity index (χ3n) is 4.25. The average molecular weight is 267 g/mol. The Morgan fingerprint density at radius 3 is 2.84 bits per heavy atom. The van der Waals surface area contributed by atoms with Gasteiger partial charge < -0.3 is 4.74 Å². The van der Waals surface area contributed by atoms with E-state index < -0.39 is 5.92 Å².